The maximum Gasteiger partial charge on any atom is 0.0639 e. The number of para-hydroxylation sites is 1. The van der Waals surface area contributed by atoms with Gasteiger partial charge in [0, 0.05) is 19.1 Å². The van der Waals surface area contributed by atoms with Crippen LogP contribution in [0.5, 0.6) is 0 Å². The Hall–Kier alpha value is -0.770. The molecule has 1 fully saturated rings. The summed E-state index contributed by atoms with van der Waals surface area (Å²) < 4.78 is 0. The first-order chi connectivity index (χ1) is 7.81. The quantitative estimate of drug-likeness (QED) is 0.823. The van der Waals surface area contributed by atoms with Gasteiger partial charge >= 0.3 is 0 Å². The fourth-order valence-electron chi connectivity index (χ4n) is 2.05. The molecule has 2 rings (SSSR count). The van der Waals surface area contributed by atoms with Gasteiger partial charge in [0.25, 0.3) is 0 Å². The first-order valence-electron chi connectivity index (χ1n) is 5.65. The standard InChI is InChI=1S/C12H17ClN2O/c13-11-4-1-2-5-12(11)15-7-3-6-14-10(8-15)9-16/h1-2,4-5,10,14,16H,3,6-9H2. The number of halogens is 1. The molecule has 0 radical (unpaired) electrons. The molecule has 88 valence electrons. The molecule has 1 unspecified atom stereocenters. The van der Waals surface area contributed by atoms with Crippen LogP contribution in [0.15, 0.2) is 24.3 Å². The van der Waals surface area contributed by atoms with Crippen LogP contribution in [0.1, 0.15) is 6.42 Å². The number of aliphatic hydroxyl groups is 1. The smallest absolute Gasteiger partial charge is 0.0639 e. The van der Waals surface area contributed by atoms with Gasteiger partial charge in [-0.25, -0.2) is 0 Å². The lowest BCUT2D eigenvalue weighted by molar-refractivity contribution is 0.248. The molecule has 1 aliphatic heterocycles. The van der Waals surface area contributed by atoms with Crippen LogP contribution in [0.2, 0.25) is 5.02 Å². The predicted molar refractivity (Wildman–Crippen MR) is 67.2 cm³/mol. The topological polar surface area (TPSA) is 35.5 Å². The van der Waals surface area contributed by atoms with E-state index >= 15 is 0 Å². The normalized spacial score (nSPS) is 21.9. The molecule has 16 heavy (non-hydrogen) atoms. The maximum atomic E-state index is 9.23. The summed E-state index contributed by atoms with van der Waals surface area (Å²) in [5, 5.41) is 13.3. The van der Waals surface area contributed by atoms with E-state index in [0.29, 0.717) is 0 Å². The average molecular weight is 241 g/mol. The van der Waals surface area contributed by atoms with Crippen molar-refractivity contribution in [2.75, 3.05) is 31.1 Å². The van der Waals surface area contributed by atoms with Crippen molar-refractivity contribution in [1.29, 1.82) is 0 Å². The Morgan fingerprint density at radius 1 is 1.44 bits per heavy atom. The van der Waals surface area contributed by atoms with Gasteiger partial charge in [-0.1, -0.05) is 23.7 Å². The van der Waals surface area contributed by atoms with Crippen LogP contribution in [0.3, 0.4) is 0 Å². The van der Waals surface area contributed by atoms with Crippen molar-refractivity contribution in [3.8, 4) is 0 Å². The minimum Gasteiger partial charge on any atom is -0.395 e. The molecule has 1 heterocycles. The van der Waals surface area contributed by atoms with E-state index in [0.717, 1.165) is 36.8 Å². The maximum absolute atomic E-state index is 9.23. The monoisotopic (exact) mass is 240 g/mol. The molecular formula is C12H17ClN2O. The zero-order valence-corrected chi connectivity index (χ0v) is 9.95. The number of nitrogens with zero attached hydrogens (tertiary/aromatic N) is 1. The number of nitrogens with one attached hydrogen (secondary N) is 1. The molecule has 1 aromatic carbocycles. The Morgan fingerprint density at radius 3 is 3.00 bits per heavy atom. The Balaban J connectivity index is 2.16. The van der Waals surface area contributed by atoms with Gasteiger partial charge in [-0.05, 0) is 25.1 Å². The van der Waals surface area contributed by atoms with E-state index in [9.17, 15) is 5.11 Å². The van der Waals surface area contributed by atoms with Gasteiger partial charge in [-0.3, -0.25) is 0 Å². The second kappa shape index (κ2) is 5.53. The molecule has 0 saturated carbocycles. The highest BCUT2D eigenvalue weighted by molar-refractivity contribution is 6.33. The third kappa shape index (κ3) is 2.67. The van der Waals surface area contributed by atoms with Crippen molar-refractivity contribution in [2.24, 2.45) is 0 Å². The molecule has 0 bridgehead atoms. The van der Waals surface area contributed by atoms with Gasteiger partial charge in [0.2, 0.25) is 0 Å². The van der Waals surface area contributed by atoms with Crippen molar-refractivity contribution in [3.05, 3.63) is 29.3 Å². The van der Waals surface area contributed by atoms with Gasteiger partial charge in [0.15, 0.2) is 0 Å². The van der Waals surface area contributed by atoms with Gasteiger partial charge in [-0.2, -0.15) is 0 Å². The van der Waals surface area contributed by atoms with Gasteiger partial charge in [0.1, 0.15) is 0 Å². The number of rotatable bonds is 2. The van der Waals surface area contributed by atoms with Crippen LogP contribution < -0.4 is 10.2 Å². The van der Waals surface area contributed by atoms with E-state index in [-0.39, 0.29) is 12.6 Å². The third-order valence-electron chi connectivity index (χ3n) is 2.89. The van der Waals surface area contributed by atoms with Gasteiger partial charge < -0.3 is 15.3 Å². The fourth-order valence-corrected chi connectivity index (χ4v) is 2.30. The molecule has 1 saturated heterocycles. The van der Waals surface area contributed by atoms with Crippen LogP contribution in [0.4, 0.5) is 5.69 Å². The van der Waals surface area contributed by atoms with Crippen LogP contribution >= 0.6 is 11.6 Å². The molecule has 1 aliphatic rings. The van der Waals surface area contributed by atoms with Gasteiger partial charge in [-0.15, -0.1) is 0 Å². The summed E-state index contributed by atoms with van der Waals surface area (Å²) in [6.45, 7) is 2.90. The van der Waals surface area contributed by atoms with E-state index in [1.807, 2.05) is 24.3 Å². The van der Waals surface area contributed by atoms with E-state index < -0.39 is 0 Å². The fraction of sp³-hybridized carbons (Fsp3) is 0.500. The summed E-state index contributed by atoms with van der Waals surface area (Å²) in [6.07, 6.45) is 1.07. The molecule has 4 heteroatoms. The number of anilines is 1. The van der Waals surface area contributed by atoms with E-state index in [4.69, 9.17) is 11.6 Å². The highest BCUT2D eigenvalue weighted by atomic mass is 35.5. The molecule has 3 nitrogen and oxygen atoms in total. The second-order valence-electron chi connectivity index (χ2n) is 4.08. The Bertz CT molecular complexity index is 346. The first kappa shape index (κ1) is 11.7. The molecule has 0 aromatic heterocycles. The summed E-state index contributed by atoms with van der Waals surface area (Å²) in [6, 6.07) is 8.00. The van der Waals surface area contributed by atoms with E-state index in [1.165, 1.54) is 0 Å². The highest BCUT2D eigenvalue weighted by Gasteiger charge is 2.18. The number of benzene rings is 1. The largest absolute Gasteiger partial charge is 0.395 e. The molecule has 0 amide bonds. The summed E-state index contributed by atoms with van der Waals surface area (Å²) >= 11 is 6.18. The number of hydrogen-bond acceptors (Lipinski definition) is 3. The molecule has 0 aliphatic carbocycles. The third-order valence-corrected chi connectivity index (χ3v) is 3.21. The molecule has 0 spiro atoms. The van der Waals surface area contributed by atoms with Crippen LogP contribution in [0.25, 0.3) is 0 Å². The average Bonchev–Trinajstić information content (AvgIpc) is 2.55. The number of aliphatic hydroxyl groups excluding tert-OH is 1. The first-order valence-corrected chi connectivity index (χ1v) is 6.03. The van der Waals surface area contributed by atoms with Crippen LogP contribution in [-0.2, 0) is 0 Å². The molecular weight excluding hydrogens is 224 g/mol. The van der Waals surface area contributed by atoms with Crippen LogP contribution in [0, 0.1) is 0 Å². The summed E-state index contributed by atoms with van der Waals surface area (Å²) in [5.41, 5.74) is 1.06. The van der Waals surface area contributed by atoms with Crippen molar-refractivity contribution < 1.29 is 5.11 Å². The Labute approximate surface area is 101 Å². The minimum atomic E-state index is 0.138. The Kier molecular flexibility index (Phi) is 4.04. The predicted octanol–water partition coefficient (Wildman–Crippen LogP) is 1.50. The molecule has 1 atom stereocenters. The summed E-state index contributed by atoms with van der Waals surface area (Å²) in [7, 11) is 0. The van der Waals surface area contributed by atoms with Crippen LogP contribution in [-0.4, -0.2) is 37.4 Å². The lowest BCUT2D eigenvalue weighted by Gasteiger charge is -2.26. The lowest BCUT2D eigenvalue weighted by atomic mass is 10.2. The van der Waals surface area contributed by atoms with Crippen molar-refractivity contribution in [1.82, 2.24) is 5.32 Å². The van der Waals surface area contributed by atoms with E-state index in [2.05, 4.69) is 10.2 Å². The molecule has 2 N–H and O–H groups in total. The SMILES string of the molecule is OCC1CN(c2ccccc2Cl)CCCN1. The zero-order valence-electron chi connectivity index (χ0n) is 9.19. The lowest BCUT2D eigenvalue weighted by Crippen LogP contribution is -2.40. The van der Waals surface area contributed by atoms with Crippen molar-refractivity contribution in [2.45, 2.75) is 12.5 Å². The van der Waals surface area contributed by atoms with Crippen molar-refractivity contribution >= 4 is 17.3 Å². The Morgan fingerprint density at radius 2 is 2.25 bits per heavy atom. The minimum absolute atomic E-state index is 0.138. The molecule has 1 aromatic rings. The number of hydrogen-bond donors (Lipinski definition) is 2. The van der Waals surface area contributed by atoms with Gasteiger partial charge in [0.05, 0.1) is 17.3 Å². The van der Waals surface area contributed by atoms with Crippen molar-refractivity contribution in [3.63, 3.8) is 0 Å². The zero-order chi connectivity index (χ0) is 11.4. The second-order valence-corrected chi connectivity index (χ2v) is 4.49. The summed E-state index contributed by atoms with van der Waals surface area (Å²) in [5.74, 6) is 0. The highest BCUT2D eigenvalue weighted by Crippen LogP contribution is 2.25. The van der Waals surface area contributed by atoms with E-state index in [1.54, 1.807) is 0 Å². The summed E-state index contributed by atoms with van der Waals surface area (Å²) in [4.78, 5) is 2.24.